The number of primary amides is 1. The van der Waals surface area contributed by atoms with Gasteiger partial charge in [-0.3, -0.25) is 14.6 Å². The summed E-state index contributed by atoms with van der Waals surface area (Å²) in [6.07, 6.45) is 7.26. The van der Waals surface area contributed by atoms with Gasteiger partial charge in [-0.05, 0) is 43.2 Å². The van der Waals surface area contributed by atoms with Crippen molar-refractivity contribution in [1.29, 1.82) is 0 Å². The van der Waals surface area contributed by atoms with E-state index < -0.39 is 5.91 Å². The van der Waals surface area contributed by atoms with Crippen molar-refractivity contribution in [1.82, 2.24) is 9.88 Å². The maximum absolute atomic E-state index is 13.1. The molecule has 2 aromatic rings. The van der Waals surface area contributed by atoms with Crippen LogP contribution in [0.3, 0.4) is 0 Å². The van der Waals surface area contributed by atoms with E-state index >= 15 is 0 Å². The van der Waals surface area contributed by atoms with Crippen LogP contribution in [0.15, 0.2) is 42.7 Å². The normalized spacial score (nSPS) is 13.8. The Bertz CT molecular complexity index is 841. The Morgan fingerprint density at radius 1 is 1.21 bits per heavy atom. The van der Waals surface area contributed by atoms with Crippen LogP contribution in [0, 0.1) is 0 Å². The van der Waals surface area contributed by atoms with E-state index in [2.05, 4.69) is 10.3 Å². The molecule has 1 aliphatic carbocycles. The van der Waals surface area contributed by atoms with E-state index in [1.807, 2.05) is 12.1 Å². The van der Waals surface area contributed by atoms with Gasteiger partial charge in [0.25, 0.3) is 5.91 Å². The molecule has 0 unspecified atom stereocenters. The van der Waals surface area contributed by atoms with E-state index in [9.17, 15) is 9.59 Å². The fraction of sp³-hybridized carbons (Fsp3) is 0.381. The zero-order valence-electron chi connectivity index (χ0n) is 16.1. The number of ether oxygens (including phenoxy) is 1. The fourth-order valence-corrected chi connectivity index (χ4v) is 3.75. The second-order valence-corrected chi connectivity index (χ2v) is 7.46. The van der Waals surface area contributed by atoms with Crippen LogP contribution in [0.1, 0.15) is 36.0 Å². The number of nitrogens with zero attached hydrogens (tertiary/aromatic N) is 2. The number of carbonyl (C=O) groups excluding carboxylic acids is 2. The molecule has 0 bridgehead atoms. The number of carbonyl (C=O) groups is 2. The summed E-state index contributed by atoms with van der Waals surface area (Å²) in [5.74, 6) is -0.272. The van der Waals surface area contributed by atoms with Gasteiger partial charge in [-0.15, -0.1) is 0 Å². The van der Waals surface area contributed by atoms with Crippen LogP contribution in [0.2, 0.25) is 5.02 Å². The molecule has 1 saturated carbocycles. The lowest BCUT2D eigenvalue weighted by Crippen LogP contribution is -2.44. The van der Waals surface area contributed by atoms with Gasteiger partial charge in [-0.1, -0.05) is 24.4 Å². The van der Waals surface area contributed by atoms with Crippen molar-refractivity contribution >= 4 is 29.1 Å². The van der Waals surface area contributed by atoms with Gasteiger partial charge in [0.15, 0.2) is 0 Å². The Balaban J connectivity index is 1.64. The molecule has 0 atom stereocenters. The Labute approximate surface area is 175 Å². The van der Waals surface area contributed by atoms with Gasteiger partial charge in [0.05, 0.1) is 6.54 Å². The van der Waals surface area contributed by atoms with Crippen LogP contribution >= 0.6 is 11.6 Å². The average molecular weight is 417 g/mol. The molecule has 1 heterocycles. The van der Waals surface area contributed by atoms with Crippen LogP contribution in [-0.2, 0) is 4.79 Å². The van der Waals surface area contributed by atoms with Crippen molar-refractivity contribution in [2.24, 2.45) is 5.73 Å². The second kappa shape index (κ2) is 10.1. The second-order valence-electron chi connectivity index (χ2n) is 7.02. The molecule has 1 aromatic carbocycles. The molecular weight excluding hydrogens is 392 g/mol. The molecule has 0 spiro atoms. The Morgan fingerprint density at radius 3 is 2.62 bits per heavy atom. The van der Waals surface area contributed by atoms with Gasteiger partial charge >= 0.3 is 0 Å². The van der Waals surface area contributed by atoms with Gasteiger partial charge in [0.2, 0.25) is 5.91 Å². The number of hydrogen-bond acceptors (Lipinski definition) is 5. The number of rotatable bonds is 9. The highest BCUT2D eigenvalue weighted by molar-refractivity contribution is 6.31. The molecule has 29 heavy (non-hydrogen) atoms. The zero-order valence-corrected chi connectivity index (χ0v) is 16.9. The quantitative estimate of drug-likeness (QED) is 0.612. The van der Waals surface area contributed by atoms with Crippen LogP contribution in [0.4, 0.5) is 5.69 Å². The summed E-state index contributed by atoms with van der Waals surface area (Å²) in [6, 6.07) is 8.68. The Morgan fingerprint density at radius 2 is 1.93 bits per heavy atom. The highest BCUT2D eigenvalue weighted by atomic mass is 35.5. The van der Waals surface area contributed by atoms with Gasteiger partial charge in [-0.2, -0.15) is 0 Å². The first-order chi connectivity index (χ1) is 14.0. The van der Waals surface area contributed by atoms with Crippen LogP contribution in [-0.4, -0.2) is 47.4 Å². The lowest BCUT2D eigenvalue weighted by atomic mass is 10.1. The van der Waals surface area contributed by atoms with Crippen molar-refractivity contribution in [3.63, 3.8) is 0 Å². The van der Waals surface area contributed by atoms with Gasteiger partial charge in [0, 0.05) is 41.3 Å². The molecule has 3 rings (SSSR count). The molecule has 0 saturated heterocycles. The molecule has 7 nitrogen and oxygen atoms in total. The third-order valence-corrected chi connectivity index (χ3v) is 5.07. The minimum Gasteiger partial charge on any atom is -0.492 e. The first-order valence-corrected chi connectivity index (χ1v) is 10.1. The summed E-state index contributed by atoms with van der Waals surface area (Å²) < 4.78 is 5.76. The molecule has 154 valence electrons. The monoisotopic (exact) mass is 416 g/mol. The molecule has 0 radical (unpaired) electrons. The predicted octanol–water partition coefficient (Wildman–Crippen LogP) is 3.10. The van der Waals surface area contributed by atoms with E-state index in [0.717, 1.165) is 31.4 Å². The molecule has 2 amide bonds. The third-order valence-electron chi connectivity index (χ3n) is 4.85. The van der Waals surface area contributed by atoms with Gasteiger partial charge in [-0.25, -0.2) is 0 Å². The molecule has 1 aromatic heterocycles. The van der Waals surface area contributed by atoms with E-state index in [1.165, 1.54) is 0 Å². The van der Waals surface area contributed by atoms with Crippen LogP contribution < -0.4 is 15.8 Å². The largest absolute Gasteiger partial charge is 0.492 e. The Hall–Kier alpha value is -2.80. The van der Waals surface area contributed by atoms with E-state index in [1.54, 1.807) is 35.5 Å². The Kier molecular flexibility index (Phi) is 7.30. The maximum Gasteiger partial charge on any atom is 0.254 e. The highest BCUT2D eigenvalue weighted by Gasteiger charge is 2.29. The molecule has 8 heteroatoms. The van der Waals surface area contributed by atoms with Crippen molar-refractivity contribution in [2.75, 3.05) is 25.0 Å². The SMILES string of the molecule is NC(=O)CN(C(=O)c1cc(Cl)cc(OCCNc2ccncc2)c1)C1CCCC1. The summed E-state index contributed by atoms with van der Waals surface area (Å²) in [6.45, 7) is 0.877. The summed E-state index contributed by atoms with van der Waals surface area (Å²) in [5, 5.41) is 3.62. The predicted molar refractivity (Wildman–Crippen MR) is 112 cm³/mol. The lowest BCUT2D eigenvalue weighted by Gasteiger charge is -2.28. The third kappa shape index (κ3) is 6.09. The fourth-order valence-electron chi connectivity index (χ4n) is 3.52. The molecule has 1 aliphatic rings. The number of hydrogen-bond donors (Lipinski definition) is 2. The number of pyridine rings is 1. The van der Waals surface area contributed by atoms with E-state index in [0.29, 0.717) is 29.5 Å². The molecule has 1 fully saturated rings. The van der Waals surface area contributed by atoms with Crippen molar-refractivity contribution in [2.45, 2.75) is 31.7 Å². The lowest BCUT2D eigenvalue weighted by molar-refractivity contribution is -0.119. The summed E-state index contributed by atoms with van der Waals surface area (Å²) in [7, 11) is 0. The number of nitrogens with one attached hydrogen (secondary N) is 1. The van der Waals surface area contributed by atoms with Crippen molar-refractivity contribution < 1.29 is 14.3 Å². The summed E-state index contributed by atoms with van der Waals surface area (Å²) in [4.78, 5) is 30.1. The number of amides is 2. The van der Waals surface area contributed by atoms with Crippen LogP contribution in [0.25, 0.3) is 0 Å². The number of benzene rings is 1. The van der Waals surface area contributed by atoms with Gasteiger partial charge in [0.1, 0.15) is 12.4 Å². The molecule has 3 N–H and O–H groups in total. The van der Waals surface area contributed by atoms with E-state index in [-0.39, 0.29) is 18.5 Å². The summed E-state index contributed by atoms with van der Waals surface area (Å²) in [5.41, 5.74) is 6.71. The van der Waals surface area contributed by atoms with Gasteiger partial charge < -0.3 is 20.7 Å². The first-order valence-electron chi connectivity index (χ1n) is 9.69. The standard InChI is InChI=1S/C21H25ClN4O3/c22-16-11-15(21(28)26(14-20(23)27)18-3-1-2-4-18)12-19(13-16)29-10-9-25-17-5-7-24-8-6-17/h5-8,11-13,18H,1-4,9-10,14H2,(H2,23,27)(H,24,25). The topological polar surface area (TPSA) is 97.6 Å². The number of nitrogens with two attached hydrogens (primary N) is 1. The smallest absolute Gasteiger partial charge is 0.254 e. The minimum absolute atomic E-state index is 0.0305. The van der Waals surface area contributed by atoms with Crippen LogP contribution in [0.5, 0.6) is 5.75 Å². The number of halogens is 1. The number of aromatic nitrogens is 1. The maximum atomic E-state index is 13.1. The van der Waals surface area contributed by atoms with Crippen molar-refractivity contribution in [3.8, 4) is 5.75 Å². The molecule has 0 aliphatic heterocycles. The zero-order chi connectivity index (χ0) is 20.6. The average Bonchev–Trinajstić information content (AvgIpc) is 3.24. The molecular formula is C21H25ClN4O3. The summed E-state index contributed by atoms with van der Waals surface area (Å²) >= 11 is 6.21. The van der Waals surface area contributed by atoms with E-state index in [4.69, 9.17) is 22.1 Å². The van der Waals surface area contributed by atoms with Crippen molar-refractivity contribution in [3.05, 3.63) is 53.3 Å². The number of anilines is 1. The first kappa shape index (κ1) is 20.9. The highest BCUT2D eigenvalue weighted by Crippen LogP contribution is 2.27. The minimum atomic E-state index is -0.522.